The number of furan rings is 1. The molecule has 2 heterocycles. The second-order valence-corrected chi connectivity index (χ2v) is 5.44. The Bertz CT molecular complexity index is 742. The van der Waals surface area contributed by atoms with E-state index in [2.05, 4.69) is 29.7 Å². The fourth-order valence-electron chi connectivity index (χ4n) is 2.47. The van der Waals surface area contributed by atoms with Crippen molar-refractivity contribution in [3.63, 3.8) is 0 Å². The van der Waals surface area contributed by atoms with Crippen molar-refractivity contribution >= 4 is 22.6 Å². The number of nitrogens with zero attached hydrogens (tertiary/aromatic N) is 2. The normalized spacial score (nSPS) is 11.3. The van der Waals surface area contributed by atoms with Crippen molar-refractivity contribution in [1.82, 2.24) is 9.55 Å². The van der Waals surface area contributed by atoms with Crippen molar-refractivity contribution < 1.29 is 4.42 Å². The van der Waals surface area contributed by atoms with Gasteiger partial charge in [-0.3, -0.25) is 0 Å². The van der Waals surface area contributed by atoms with Crippen LogP contribution in [-0.4, -0.2) is 15.4 Å². The molecule has 0 saturated heterocycles. The molecule has 0 bridgehead atoms. The molecule has 3 rings (SSSR count). The summed E-state index contributed by atoms with van der Waals surface area (Å²) < 4.78 is 7.87. The number of halogens is 1. The smallest absolute Gasteiger partial charge is 0.123 e. The van der Waals surface area contributed by atoms with Gasteiger partial charge in [-0.25, -0.2) is 4.98 Å². The van der Waals surface area contributed by atoms with Crippen LogP contribution in [-0.2, 0) is 13.0 Å². The molecule has 0 amide bonds. The van der Waals surface area contributed by atoms with Gasteiger partial charge in [0.1, 0.15) is 17.3 Å². The van der Waals surface area contributed by atoms with Gasteiger partial charge < -0.3 is 8.98 Å². The minimum atomic E-state index is 0.569. The van der Waals surface area contributed by atoms with Crippen LogP contribution in [0.3, 0.4) is 0 Å². The number of aryl methyl sites for hydroxylation is 3. The zero-order chi connectivity index (χ0) is 14.1. The summed E-state index contributed by atoms with van der Waals surface area (Å²) in [6.07, 6.45) is 0.759. The molecule has 0 aliphatic rings. The lowest BCUT2D eigenvalue weighted by Gasteiger charge is -2.06. The van der Waals surface area contributed by atoms with E-state index in [0.29, 0.717) is 12.4 Å². The van der Waals surface area contributed by atoms with Gasteiger partial charge in [-0.1, -0.05) is 6.07 Å². The van der Waals surface area contributed by atoms with Crippen LogP contribution in [0.15, 0.2) is 34.7 Å². The summed E-state index contributed by atoms with van der Waals surface area (Å²) in [6, 6.07) is 10.3. The summed E-state index contributed by atoms with van der Waals surface area (Å²) in [5.74, 6) is 3.45. The Morgan fingerprint density at radius 3 is 2.75 bits per heavy atom. The Kier molecular flexibility index (Phi) is 3.53. The third-order valence-corrected chi connectivity index (χ3v) is 3.60. The van der Waals surface area contributed by atoms with Gasteiger partial charge >= 0.3 is 0 Å². The third kappa shape index (κ3) is 2.46. The van der Waals surface area contributed by atoms with E-state index in [-0.39, 0.29) is 0 Å². The van der Waals surface area contributed by atoms with Crippen molar-refractivity contribution in [2.45, 2.75) is 26.8 Å². The lowest BCUT2D eigenvalue weighted by Crippen LogP contribution is -2.05. The molecule has 104 valence electrons. The molecule has 0 unspecified atom stereocenters. The highest BCUT2D eigenvalue weighted by atomic mass is 35.5. The first-order valence-corrected chi connectivity index (χ1v) is 7.28. The van der Waals surface area contributed by atoms with E-state index in [4.69, 9.17) is 21.0 Å². The molecule has 0 radical (unpaired) electrons. The largest absolute Gasteiger partial charge is 0.464 e. The Morgan fingerprint density at radius 2 is 2.05 bits per heavy atom. The van der Waals surface area contributed by atoms with Crippen molar-refractivity contribution in [2.24, 2.45) is 0 Å². The maximum Gasteiger partial charge on any atom is 0.123 e. The molecule has 2 aromatic heterocycles. The summed E-state index contributed by atoms with van der Waals surface area (Å²) in [5, 5.41) is 0. The van der Waals surface area contributed by atoms with Gasteiger partial charge in [0.15, 0.2) is 0 Å². The molecule has 1 aromatic carbocycles. The van der Waals surface area contributed by atoms with Crippen LogP contribution in [0.5, 0.6) is 0 Å². The average molecular weight is 289 g/mol. The number of rotatable bonds is 4. The first kappa shape index (κ1) is 13.3. The Labute approximate surface area is 123 Å². The number of hydrogen-bond acceptors (Lipinski definition) is 2. The molecular weight excluding hydrogens is 272 g/mol. The Balaban J connectivity index is 2.08. The second-order valence-electron chi connectivity index (χ2n) is 5.06. The molecule has 4 heteroatoms. The lowest BCUT2D eigenvalue weighted by atomic mass is 10.2. The van der Waals surface area contributed by atoms with Crippen molar-refractivity contribution in [3.8, 4) is 0 Å². The molecule has 0 saturated carbocycles. The van der Waals surface area contributed by atoms with Gasteiger partial charge in [0.25, 0.3) is 0 Å². The number of alkyl halides is 1. The fraction of sp³-hybridized carbons (Fsp3) is 0.312. The van der Waals surface area contributed by atoms with Crippen LogP contribution in [0.2, 0.25) is 0 Å². The van der Waals surface area contributed by atoms with Crippen LogP contribution < -0.4 is 0 Å². The average Bonchev–Trinajstić information content (AvgIpc) is 2.95. The molecule has 0 atom stereocenters. The topological polar surface area (TPSA) is 31.0 Å². The minimum absolute atomic E-state index is 0.569. The van der Waals surface area contributed by atoms with E-state index in [9.17, 15) is 0 Å². The molecule has 0 fully saturated rings. The van der Waals surface area contributed by atoms with Crippen LogP contribution in [0.4, 0.5) is 0 Å². The monoisotopic (exact) mass is 288 g/mol. The minimum Gasteiger partial charge on any atom is -0.464 e. The molecule has 3 aromatic rings. The predicted octanol–water partition coefficient (Wildman–Crippen LogP) is 4.08. The van der Waals surface area contributed by atoms with E-state index in [0.717, 1.165) is 34.8 Å². The predicted molar refractivity (Wildman–Crippen MR) is 81.4 cm³/mol. The van der Waals surface area contributed by atoms with Crippen molar-refractivity contribution in [1.29, 1.82) is 0 Å². The highest BCUT2D eigenvalue weighted by Crippen LogP contribution is 2.21. The third-order valence-electron chi connectivity index (χ3n) is 3.41. The number of fused-ring (bicyclic) bond motifs is 1. The highest BCUT2D eigenvalue weighted by Gasteiger charge is 2.12. The summed E-state index contributed by atoms with van der Waals surface area (Å²) in [7, 11) is 0. The summed E-state index contributed by atoms with van der Waals surface area (Å²) >= 11 is 5.90. The zero-order valence-electron chi connectivity index (χ0n) is 11.7. The lowest BCUT2D eigenvalue weighted by molar-refractivity contribution is 0.469. The van der Waals surface area contributed by atoms with Crippen LogP contribution >= 0.6 is 11.6 Å². The molecule has 0 N–H and O–H groups in total. The van der Waals surface area contributed by atoms with Gasteiger partial charge in [-0.2, -0.15) is 0 Å². The molecule has 0 aliphatic carbocycles. The highest BCUT2D eigenvalue weighted by molar-refractivity contribution is 6.17. The van der Waals surface area contributed by atoms with E-state index in [1.165, 1.54) is 5.56 Å². The Morgan fingerprint density at radius 1 is 1.20 bits per heavy atom. The van der Waals surface area contributed by atoms with Crippen molar-refractivity contribution in [3.05, 3.63) is 53.2 Å². The van der Waals surface area contributed by atoms with Gasteiger partial charge in [0.2, 0.25) is 0 Å². The van der Waals surface area contributed by atoms with Crippen LogP contribution in [0, 0.1) is 13.8 Å². The number of imidazole rings is 1. The SMILES string of the molecule is Cc1ccc2c(c1)nc(CCCl)n2Cc1ccc(C)o1. The summed E-state index contributed by atoms with van der Waals surface area (Å²) in [4.78, 5) is 4.70. The molecule has 0 spiro atoms. The molecular formula is C16H17ClN2O. The van der Waals surface area contributed by atoms with Crippen molar-refractivity contribution in [2.75, 3.05) is 5.88 Å². The maximum absolute atomic E-state index is 5.90. The molecule has 0 aliphatic heterocycles. The second kappa shape index (κ2) is 5.33. The van der Waals surface area contributed by atoms with E-state index < -0.39 is 0 Å². The maximum atomic E-state index is 5.90. The number of hydrogen-bond donors (Lipinski definition) is 0. The van der Waals surface area contributed by atoms with Gasteiger partial charge in [-0.05, 0) is 43.7 Å². The van der Waals surface area contributed by atoms with Gasteiger partial charge in [-0.15, -0.1) is 11.6 Å². The Hall–Kier alpha value is -1.74. The molecule has 20 heavy (non-hydrogen) atoms. The molecule has 3 nitrogen and oxygen atoms in total. The van der Waals surface area contributed by atoms with E-state index in [1.807, 2.05) is 19.1 Å². The van der Waals surface area contributed by atoms with Gasteiger partial charge in [0.05, 0.1) is 17.6 Å². The fourth-order valence-corrected chi connectivity index (χ4v) is 2.64. The first-order chi connectivity index (χ1) is 9.67. The summed E-state index contributed by atoms with van der Waals surface area (Å²) in [5.41, 5.74) is 3.37. The van der Waals surface area contributed by atoms with E-state index in [1.54, 1.807) is 0 Å². The standard InChI is InChI=1S/C16H17ClN2O/c1-11-3-6-15-14(9-11)18-16(7-8-17)19(15)10-13-5-4-12(2)20-13/h3-6,9H,7-8,10H2,1-2H3. The number of benzene rings is 1. The summed E-state index contributed by atoms with van der Waals surface area (Å²) in [6.45, 7) is 4.73. The van der Waals surface area contributed by atoms with Crippen LogP contribution in [0.1, 0.15) is 22.9 Å². The van der Waals surface area contributed by atoms with Crippen LogP contribution in [0.25, 0.3) is 11.0 Å². The zero-order valence-corrected chi connectivity index (χ0v) is 12.4. The first-order valence-electron chi connectivity index (χ1n) is 6.74. The quantitative estimate of drug-likeness (QED) is 0.678. The van der Waals surface area contributed by atoms with E-state index >= 15 is 0 Å². The van der Waals surface area contributed by atoms with Gasteiger partial charge in [0, 0.05) is 12.3 Å². The number of aromatic nitrogens is 2.